The number of benzene rings is 2. The smallest absolute Gasteiger partial charge is 0.432 e. The van der Waals surface area contributed by atoms with Crippen LogP contribution in [0.4, 0.5) is 23.2 Å². The van der Waals surface area contributed by atoms with Gasteiger partial charge in [0, 0.05) is 24.0 Å². The number of alkyl halides is 3. The fourth-order valence-electron chi connectivity index (χ4n) is 2.75. The van der Waals surface area contributed by atoms with Crippen molar-refractivity contribution in [1.82, 2.24) is 15.3 Å². The van der Waals surface area contributed by atoms with Crippen molar-refractivity contribution in [1.29, 1.82) is 0 Å². The van der Waals surface area contributed by atoms with E-state index in [0.717, 1.165) is 6.07 Å². The number of imidazole rings is 1. The number of amides is 2. The molecule has 3 N–H and O–H groups in total. The number of carbonyl (C=O) groups is 2. The molecule has 11 heteroatoms. The number of ether oxygens (including phenoxy) is 1. The zero-order chi connectivity index (χ0) is 24.7. The third-order valence-corrected chi connectivity index (χ3v) is 4.26. The van der Waals surface area contributed by atoms with Crippen LogP contribution in [0, 0.1) is 17.7 Å². The zero-order valence-corrected chi connectivity index (χ0v) is 17.7. The SMILES string of the molecule is CC(=O)NCCOc1ccc(-c2ncc(C(F)(F)F)[nH]2)cc1NC(=O)C#Cc1cccc(F)c1. The van der Waals surface area contributed by atoms with Crippen LogP contribution in [0.25, 0.3) is 11.4 Å². The van der Waals surface area contributed by atoms with Gasteiger partial charge in [0.05, 0.1) is 18.4 Å². The van der Waals surface area contributed by atoms with E-state index in [9.17, 15) is 27.2 Å². The molecule has 0 bridgehead atoms. The molecule has 2 aromatic carbocycles. The molecule has 0 saturated carbocycles. The zero-order valence-electron chi connectivity index (χ0n) is 17.7. The average Bonchev–Trinajstić information content (AvgIpc) is 3.27. The van der Waals surface area contributed by atoms with Gasteiger partial charge in [0.1, 0.15) is 29.7 Å². The van der Waals surface area contributed by atoms with Gasteiger partial charge in [-0.2, -0.15) is 13.2 Å². The first-order chi connectivity index (χ1) is 16.1. The summed E-state index contributed by atoms with van der Waals surface area (Å²) in [5.74, 6) is 3.44. The van der Waals surface area contributed by atoms with Gasteiger partial charge >= 0.3 is 12.1 Å². The summed E-state index contributed by atoms with van der Waals surface area (Å²) in [4.78, 5) is 29.3. The normalized spacial score (nSPS) is 10.7. The Morgan fingerprint density at radius 1 is 1.18 bits per heavy atom. The van der Waals surface area contributed by atoms with Crippen molar-refractivity contribution in [3.8, 4) is 29.0 Å². The maximum atomic E-state index is 13.3. The molecular weight excluding hydrogens is 456 g/mol. The van der Waals surface area contributed by atoms with Gasteiger partial charge in [-0.05, 0) is 36.4 Å². The molecular formula is C23H18F4N4O3. The summed E-state index contributed by atoms with van der Waals surface area (Å²) in [6, 6.07) is 9.63. The van der Waals surface area contributed by atoms with E-state index in [1.54, 1.807) is 0 Å². The molecule has 1 heterocycles. The largest absolute Gasteiger partial charge is 0.490 e. The summed E-state index contributed by atoms with van der Waals surface area (Å²) < 4.78 is 57.5. The minimum Gasteiger partial charge on any atom is -0.490 e. The van der Waals surface area contributed by atoms with Crippen LogP contribution in [-0.4, -0.2) is 34.9 Å². The van der Waals surface area contributed by atoms with Crippen molar-refractivity contribution >= 4 is 17.5 Å². The molecule has 2 amide bonds. The minimum absolute atomic E-state index is 0.0652. The van der Waals surface area contributed by atoms with E-state index in [1.807, 2.05) is 0 Å². The lowest BCUT2D eigenvalue weighted by Gasteiger charge is -2.13. The van der Waals surface area contributed by atoms with Crippen molar-refractivity contribution in [3.63, 3.8) is 0 Å². The Bertz CT molecular complexity index is 1260. The molecule has 0 atom stereocenters. The quantitative estimate of drug-likeness (QED) is 0.288. The van der Waals surface area contributed by atoms with E-state index in [0.29, 0.717) is 6.20 Å². The Morgan fingerprint density at radius 3 is 2.65 bits per heavy atom. The second-order valence-corrected chi connectivity index (χ2v) is 6.90. The first kappa shape index (κ1) is 24.3. The lowest BCUT2D eigenvalue weighted by Crippen LogP contribution is -2.25. The van der Waals surface area contributed by atoms with Crippen LogP contribution < -0.4 is 15.4 Å². The lowest BCUT2D eigenvalue weighted by molar-refractivity contribution is -0.140. The average molecular weight is 474 g/mol. The molecule has 176 valence electrons. The van der Waals surface area contributed by atoms with E-state index < -0.39 is 23.6 Å². The lowest BCUT2D eigenvalue weighted by atomic mass is 10.1. The maximum absolute atomic E-state index is 13.3. The first-order valence-electron chi connectivity index (χ1n) is 9.84. The summed E-state index contributed by atoms with van der Waals surface area (Å²) in [7, 11) is 0. The molecule has 0 aliphatic rings. The summed E-state index contributed by atoms with van der Waals surface area (Å²) in [5, 5.41) is 5.06. The van der Waals surface area contributed by atoms with Gasteiger partial charge in [-0.3, -0.25) is 9.59 Å². The number of hydrogen-bond donors (Lipinski definition) is 3. The molecule has 1 aromatic heterocycles. The molecule has 3 rings (SSSR count). The Kier molecular flexibility index (Phi) is 7.53. The predicted molar refractivity (Wildman–Crippen MR) is 115 cm³/mol. The molecule has 0 aliphatic heterocycles. The molecule has 0 unspecified atom stereocenters. The number of aromatic amines is 1. The van der Waals surface area contributed by atoms with Crippen molar-refractivity contribution in [2.75, 3.05) is 18.5 Å². The van der Waals surface area contributed by atoms with Crippen LogP contribution in [0.15, 0.2) is 48.7 Å². The molecule has 0 saturated heterocycles. The van der Waals surface area contributed by atoms with Gasteiger partial charge in [0.15, 0.2) is 0 Å². The number of H-pyrrole nitrogens is 1. The van der Waals surface area contributed by atoms with E-state index in [2.05, 4.69) is 32.4 Å². The fraction of sp³-hybridized carbons (Fsp3) is 0.174. The van der Waals surface area contributed by atoms with Crippen LogP contribution in [0.2, 0.25) is 0 Å². The van der Waals surface area contributed by atoms with Gasteiger partial charge in [-0.15, -0.1) is 0 Å². The summed E-state index contributed by atoms with van der Waals surface area (Å²) in [5.41, 5.74) is -0.377. The summed E-state index contributed by atoms with van der Waals surface area (Å²) >= 11 is 0. The number of halogens is 4. The van der Waals surface area contributed by atoms with Crippen LogP contribution in [0.3, 0.4) is 0 Å². The highest BCUT2D eigenvalue weighted by molar-refractivity contribution is 6.05. The Labute approximate surface area is 191 Å². The predicted octanol–water partition coefficient (Wildman–Crippen LogP) is 3.74. The number of nitrogens with zero attached hydrogens (tertiary/aromatic N) is 1. The van der Waals surface area contributed by atoms with Gasteiger partial charge in [-0.25, -0.2) is 9.37 Å². The third-order valence-electron chi connectivity index (χ3n) is 4.26. The number of rotatable bonds is 6. The van der Waals surface area contributed by atoms with Gasteiger partial charge in [-0.1, -0.05) is 12.0 Å². The Balaban J connectivity index is 1.84. The molecule has 0 fully saturated rings. The van der Waals surface area contributed by atoms with Crippen molar-refractivity contribution in [2.24, 2.45) is 0 Å². The highest BCUT2D eigenvalue weighted by atomic mass is 19.4. The molecule has 3 aromatic rings. The van der Waals surface area contributed by atoms with E-state index >= 15 is 0 Å². The van der Waals surface area contributed by atoms with E-state index in [4.69, 9.17) is 4.74 Å². The molecule has 0 spiro atoms. The van der Waals surface area contributed by atoms with Crippen LogP contribution in [0.5, 0.6) is 5.75 Å². The highest BCUT2D eigenvalue weighted by Gasteiger charge is 2.33. The Morgan fingerprint density at radius 2 is 1.97 bits per heavy atom. The number of nitrogens with one attached hydrogen (secondary N) is 3. The molecule has 7 nitrogen and oxygen atoms in total. The van der Waals surface area contributed by atoms with Gasteiger partial charge in [0.2, 0.25) is 5.91 Å². The Hall–Kier alpha value is -4.33. The number of anilines is 1. The number of carbonyl (C=O) groups excluding carboxylic acids is 2. The topological polar surface area (TPSA) is 96.1 Å². The standard InChI is InChI=1S/C23H18F4N4O3/c1-14(32)28-9-10-34-19-7-6-16(22-29-13-20(31-22)23(25,26)27)12-18(19)30-21(33)8-5-15-3-2-4-17(24)11-15/h2-4,6-7,11-13H,9-10H2,1H3,(H,28,32)(H,29,31)(H,30,33). The molecule has 34 heavy (non-hydrogen) atoms. The monoisotopic (exact) mass is 474 g/mol. The molecule has 0 aliphatic carbocycles. The van der Waals surface area contributed by atoms with Crippen molar-refractivity contribution < 1.29 is 31.9 Å². The molecule has 0 radical (unpaired) electrons. The van der Waals surface area contributed by atoms with Crippen LogP contribution >= 0.6 is 0 Å². The van der Waals surface area contributed by atoms with Crippen LogP contribution in [-0.2, 0) is 15.8 Å². The highest BCUT2D eigenvalue weighted by Crippen LogP contribution is 2.32. The van der Waals surface area contributed by atoms with Gasteiger partial charge < -0.3 is 20.4 Å². The second kappa shape index (κ2) is 10.5. The maximum Gasteiger partial charge on any atom is 0.432 e. The summed E-state index contributed by atoms with van der Waals surface area (Å²) in [6.45, 7) is 1.60. The van der Waals surface area contributed by atoms with E-state index in [-0.39, 0.29) is 47.4 Å². The minimum atomic E-state index is -4.60. The van der Waals surface area contributed by atoms with Gasteiger partial charge in [0.25, 0.3) is 0 Å². The van der Waals surface area contributed by atoms with E-state index in [1.165, 1.54) is 43.3 Å². The third kappa shape index (κ3) is 6.83. The fourth-order valence-corrected chi connectivity index (χ4v) is 2.75. The first-order valence-corrected chi connectivity index (χ1v) is 9.84. The second-order valence-electron chi connectivity index (χ2n) is 6.90. The van der Waals surface area contributed by atoms with Crippen molar-refractivity contribution in [3.05, 3.63) is 65.7 Å². The number of hydrogen-bond acceptors (Lipinski definition) is 4. The van der Waals surface area contributed by atoms with Crippen molar-refractivity contribution in [2.45, 2.75) is 13.1 Å². The number of aromatic nitrogens is 2. The summed E-state index contributed by atoms with van der Waals surface area (Å²) in [6.07, 6.45) is -3.93. The van der Waals surface area contributed by atoms with Crippen LogP contribution in [0.1, 0.15) is 18.2 Å².